The molecule has 0 amide bonds. The van der Waals surface area contributed by atoms with Crippen molar-refractivity contribution in [2.45, 2.75) is 84.5 Å². The summed E-state index contributed by atoms with van der Waals surface area (Å²) in [5.74, 6) is 0.938. The molecule has 1 aromatic carbocycles. The molecule has 3 N–H and O–H groups in total. The van der Waals surface area contributed by atoms with Gasteiger partial charge in [-0.3, -0.25) is 4.90 Å². The topological polar surface area (TPSA) is 59.9 Å². The molecule has 5 nitrogen and oxygen atoms in total. The molecule has 2 aliphatic rings. The smallest absolute Gasteiger partial charge is 0.191 e. The summed E-state index contributed by atoms with van der Waals surface area (Å²) < 4.78 is 0. The molecule has 1 saturated carbocycles. The van der Waals surface area contributed by atoms with Crippen LogP contribution >= 0.6 is 0 Å². The highest BCUT2D eigenvalue weighted by Gasteiger charge is 2.27. The van der Waals surface area contributed by atoms with E-state index in [1.807, 2.05) is 0 Å². The molecule has 2 fully saturated rings. The van der Waals surface area contributed by atoms with Crippen LogP contribution in [0.25, 0.3) is 0 Å². The van der Waals surface area contributed by atoms with Crippen LogP contribution in [0.2, 0.25) is 0 Å². The predicted octanol–water partition coefficient (Wildman–Crippen LogP) is 3.67. The van der Waals surface area contributed by atoms with Crippen molar-refractivity contribution in [1.82, 2.24) is 15.5 Å². The van der Waals surface area contributed by atoms with Crippen LogP contribution < -0.4 is 10.6 Å². The molecule has 5 heteroatoms. The maximum Gasteiger partial charge on any atom is 0.191 e. The Hall–Kier alpha value is -1.59. The van der Waals surface area contributed by atoms with Crippen molar-refractivity contribution >= 4 is 5.96 Å². The molecule has 1 saturated heterocycles. The zero-order valence-corrected chi connectivity index (χ0v) is 18.6. The molecule has 0 aromatic heterocycles. The fourth-order valence-corrected chi connectivity index (χ4v) is 4.31. The van der Waals surface area contributed by atoms with E-state index in [9.17, 15) is 5.11 Å². The van der Waals surface area contributed by atoms with Crippen molar-refractivity contribution < 1.29 is 5.11 Å². The van der Waals surface area contributed by atoms with E-state index in [0.29, 0.717) is 18.0 Å². The zero-order valence-electron chi connectivity index (χ0n) is 18.6. The van der Waals surface area contributed by atoms with E-state index in [-0.39, 0.29) is 6.10 Å². The lowest BCUT2D eigenvalue weighted by molar-refractivity contribution is 0.0792. The first kappa shape index (κ1) is 22.1. The summed E-state index contributed by atoms with van der Waals surface area (Å²) in [5.41, 5.74) is 3.07. The van der Waals surface area contributed by atoms with Gasteiger partial charge in [0.15, 0.2) is 5.96 Å². The quantitative estimate of drug-likeness (QED) is 0.504. The minimum absolute atomic E-state index is 0.105. The summed E-state index contributed by atoms with van der Waals surface area (Å²) in [4.78, 5) is 7.25. The summed E-state index contributed by atoms with van der Waals surface area (Å²) in [6, 6.07) is 9.37. The number of benzene rings is 1. The molecule has 3 rings (SSSR count). The monoisotopic (exact) mass is 400 g/mol. The first-order chi connectivity index (χ1) is 13.9. The molecule has 0 bridgehead atoms. The Balaban J connectivity index is 1.49. The molecular formula is C24H40N4O. The van der Waals surface area contributed by atoms with Crippen molar-refractivity contribution in [2.75, 3.05) is 19.6 Å². The van der Waals surface area contributed by atoms with E-state index in [2.05, 4.69) is 60.6 Å². The van der Waals surface area contributed by atoms with E-state index in [1.54, 1.807) is 0 Å². The van der Waals surface area contributed by atoms with Crippen LogP contribution in [0.3, 0.4) is 0 Å². The van der Waals surface area contributed by atoms with Gasteiger partial charge in [0.1, 0.15) is 0 Å². The van der Waals surface area contributed by atoms with Crippen LogP contribution in [-0.2, 0) is 13.1 Å². The number of nitrogens with one attached hydrogen (secondary N) is 2. The third kappa shape index (κ3) is 7.31. The van der Waals surface area contributed by atoms with Crippen molar-refractivity contribution in [1.29, 1.82) is 0 Å². The van der Waals surface area contributed by atoms with Gasteiger partial charge < -0.3 is 15.7 Å². The van der Waals surface area contributed by atoms with Crippen molar-refractivity contribution in [3.8, 4) is 0 Å². The maximum atomic E-state index is 9.65. The summed E-state index contributed by atoms with van der Waals surface area (Å²) in [6.07, 6.45) is 6.69. The molecule has 1 aromatic rings. The van der Waals surface area contributed by atoms with Gasteiger partial charge in [0.25, 0.3) is 0 Å². The normalized spacial score (nSPS) is 21.9. The predicted molar refractivity (Wildman–Crippen MR) is 121 cm³/mol. The minimum Gasteiger partial charge on any atom is -0.393 e. The number of hydrogen-bond acceptors (Lipinski definition) is 3. The number of piperidine rings is 1. The van der Waals surface area contributed by atoms with Crippen molar-refractivity contribution in [2.24, 2.45) is 10.4 Å². The highest BCUT2D eigenvalue weighted by Crippen LogP contribution is 2.34. The van der Waals surface area contributed by atoms with Crippen LogP contribution in [0.5, 0.6) is 0 Å². The summed E-state index contributed by atoms with van der Waals surface area (Å²) in [6.45, 7) is 11.4. The number of hydrogen-bond donors (Lipinski definition) is 3. The van der Waals surface area contributed by atoms with Crippen LogP contribution in [0.4, 0.5) is 0 Å². The molecule has 0 radical (unpaired) electrons. The zero-order chi connectivity index (χ0) is 20.7. The number of nitrogens with zero attached hydrogens (tertiary/aromatic N) is 2. The number of aliphatic hydroxyl groups is 1. The Morgan fingerprint density at radius 3 is 2.31 bits per heavy atom. The molecule has 0 spiro atoms. The Bertz CT molecular complexity index is 637. The average molecular weight is 401 g/mol. The van der Waals surface area contributed by atoms with E-state index >= 15 is 0 Å². The number of likely N-dealkylation sites (tertiary alicyclic amines) is 1. The fourth-order valence-electron chi connectivity index (χ4n) is 4.31. The van der Waals surface area contributed by atoms with E-state index in [0.717, 1.165) is 45.0 Å². The lowest BCUT2D eigenvalue weighted by Gasteiger charge is -2.35. The van der Waals surface area contributed by atoms with Gasteiger partial charge in [0.05, 0.1) is 12.6 Å². The maximum absolute atomic E-state index is 9.65. The van der Waals surface area contributed by atoms with Gasteiger partial charge >= 0.3 is 0 Å². The van der Waals surface area contributed by atoms with Gasteiger partial charge in [-0.05, 0) is 62.0 Å². The van der Waals surface area contributed by atoms with E-state index < -0.39 is 0 Å². The van der Waals surface area contributed by atoms with E-state index in [1.165, 1.54) is 36.8 Å². The molecule has 1 heterocycles. The van der Waals surface area contributed by atoms with Gasteiger partial charge in [0.2, 0.25) is 0 Å². The molecule has 1 aliphatic carbocycles. The summed E-state index contributed by atoms with van der Waals surface area (Å²) in [7, 11) is 0. The highest BCUT2D eigenvalue weighted by molar-refractivity contribution is 5.80. The SMILES string of the molecule is CCNC(=NCc1ccc(CN2CCC(O)CC2)cc1)NC1CCC(C)(C)CC1. The van der Waals surface area contributed by atoms with Crippen LogP contribution in [0.1, 0.15) is 70.4 Å². The molecule has 1 aliphatic heterocycles. The first-order valence-electron chi connectivity index (χ1n) is 11.5. The largest absolute Gasteiger partial charge is 0.393 e. The Kier molecular flexibility index (Phi) is 7.96. The summed E-state index contributed by atoms with van der Waals surface area (Å²) in [5, 5.41) is 16.7. The third-order valence-electron chi connectivity index (χ3n) is 6.43. The summed E-state index contributed by atoms with van der Waals surface area (Å²) >= 11 is 0. The minimum atomic E-state index is -0.105. The lowest BCUT2D eigenvalue weighted by Crippen LogP contribution is -2.45. The Morgan fingerprint density at radius 1 is 1.07 bits per heavy atom. The molecular weight excluding hydrogens is 360 g/mol. The fraction of sp³-hybridized carbons (Fsp3) is 0.708. The number of aliphatic imine (C=N–C) groups is 1. The van der Waals surface area contributed by atoms with Gasteiger partial charge in [0, 0.05) is 32.2 Å². The van der Waals surface area contributed by atoms with Crippen molar-refractivity contribution in [3.05, 3.63) is 35.4 Å². The van der Waals surface area contributed by atoms with Crippen LogP contribution in [-0.4, -0.2) is 47.7 Å². The second kappa shape index (κ2) is 10.4. The third-order valence-corrected chi connectivity index (χ3v) is 6.43. The number of aliphatic hydroxyl groups excluding tert-OH is 1. The Labute approximate surface area is 177 Å². The standard InChI is InChI=1S/C24H40N4O/c1-4-25-23(27-21-9-13-24(2,3)14-10-21)26-17-19-5-7-20(8-6-19)18-28-15-11-22(29)12-16-28/h5-8,21-22,29H,4,9-18H2,1-3H3,(H2,25,26,27). The average Bonchev–Trinajstić information content (AvgIpc) is 2.71. The first-order valence-corrected chi connectivity index (χ1v) is 11.5. The lowest BCUT2D eigenvalue weighted by atomic mass is 9.75. The Morgan fingerprint density at radius 2 is 1.69 bits per heavy atom. The number of rotatable bonds is 6. The van der Waals surface area contributed by atoms with E-state index in [4.69, 9.17) is 4.99 Å². The van der Waals surface area contributed by atoms with Gasteiger partial charge in [-0.2, -0.15) is 0 Å². The molecule has 0 unspecified atom stereocenters. The van der Waals surface area contributed by atoms with Crippen LogP contribution in [0.15, 0.2) is 29.3 Å². The van der Waals surface area contributed by atoms with Gasteiger partial charge in [-0.25, -0.2) is 4.99 Å². The molecule has 0 atom stereocenters. The van der Waals surface area contributed by atoms with Crippen molar-refractivity contribution in [3.63, 3.8) is 0 Å². The molecule has 29 heavy (non-hydrogen) atoms. The molecule has 162 valence electrons. The number of guanidine groups is 1. The van der Waals surface area contributed by atoms with Gasteiger partial charge in [-0.15, -0.1) is 0 Å². The highest BCUT2D eigenvalue weighted by atomic mass is 16.3. The second-order valence-electron chi connectivity index (χ2n) is 9.60. The van der Waals surface area contributed by atoms with Gasteiger partial charge in [-0.1, -0.05) is 38.1 Å². The van der Waals surface area contributed by atoms with Crippen LogP contribution in [0, 0.1) is 5.41 Å². The second-order valence-corrected chi connectivity index (χ2v) is 9.60.